The van der Waals surface area contributed by atoms with Crippen LogP contribution in [0.3, 0.4) is 0 Å². The summed E-state index contributed by atoms with van der Waals surface area (Å²) in [5.74, 6) is 3.73. The summed E-state index contributed by atoms with van der Waals surface area (Å²) in [4.78, 5) is 0. The highest BCUT2D eigenvalue weighted by molar-refractivity contribution is 5.17. The van der Waals surface area contributed by atoms with Gasteiger partial charge in [0.05, 0.1) is 19.8 Å². The molecule has 1 aromatic rings. The Hall–Kier alpha value is -0.800. The summed E-state index contributed by atoms with van der Waals surface area (Å²) < 4.78 is 11.1. The van der Waals surface area contributed by atoms with Gasteiger partial charge in [0.25, 0.3) is 0 Å². The van der Waals surface area contributed by atoms with E-state index < -0.39 is 0 Å². The zero-order valence-corrected chi connectivity index (χ0v) is 10.7. The third-order valence-electron chi connectivity index (χ3n) is 3.91. The van der Waals surface area contributed by atoms with Crippen LogP contribution in [0.1, 0.15) is 37.7 Å². The van der Waals surface area contributed by atoms with Crippen molar-refractivity contribution in [1.82, 2.24) is 5.32 Å². The van der Waals surface area contributed by atoms with E-state index >= 15 is 0 Å². The average Bonchev–Trinajstić information content (AvgIpc) is 2.81. The van der Waals surface area contributed by atoms with E-state index in [1.165, 1.54) is 12.2 Å². The van der Waals surface area contributed by atoms with E-state index in [2.05, 4.69) is 31.3 Å². The molecule has 0 spiro atoms. The van der Waals surface area contributed by atoms with Crippen molar-refractivity contribution >= 4 is 0 Å². The van der Waals surface area contributed by atoms with Gasteiger partial charge >= 0.3 is 0 Å². The topological polar surface area (TPSA) is 34.4 Å². The lowest BCUT2D eigenvalue weighted by molar-refractivity contribution is -0.0992. The van der Waals surface area contributed by atoms with Gasteiger partial charge in [-0.05, 0) is 24.5 Å². The highest BCUT2D eigenvalue weighted by Gasteiger charge is 2.36. The van der Waals surface area contributed by atoms with Crippen LogP contribution in [0.5, 0.6) is 0 Å². The minimum atomic E-state index is 0.334. The second kappa shape index (κ2) is 4.14. The van der Waals surface area contributed by atoms with Gasteiger partial charge in [-0.2, -0.15) is 0 Å². The van der Waals surface area contributed by atoms with Gasteiger partial charge in [0, 0.05) is 17.9 Å². The number of ether oxygens (including phenoxy) is 1. The minimum absolute atomic E-state index is 0.334. The molecule has 0 amide bonds. The number of hydrogen-bond acceptors (Lipinski definition) is 3. The number of rotatable bonds is 5. The Morgan fingerprint density at radius 1 is 1.41 bits per heavy atom. The number of nitrogens with one attached hydrogen (secondary N) is 1. The first-order chi connectivity index (χ1) is 8.16. The van der Waals surface area contributed by atoms with Gasteiger partial charge in [-0.1, -0.05) is 13.8 Å². The van der Waals surface area contributed by atoms with E-state index in [0.29, 0.717) is 11.3 Å². The number of furan rings is 1. The van der Waals surface area contributed by atoms with Crippen molar-refractivity contribution in [2.24, 2.45) is 11.3 Å². The van der Waals surface area contributed by atoms with E-state index in [0.717, 1.165) is 38.0 Å². The normalized spacial score (nSPS) is 30.0. The molecule has 2 aliphatic rings. The van der Waals surface area contributed by atoms with Crippen molar-refractivity contribution in [2.45, 2.75) is 32.7 Å². The molecule has 17 heavy (non-hydrogen) atoms. The van der Waals surface area contributed by atoms with Gasteiger partial charge < -0.3 is 14.5 Å². The Labute approximate surface area is 103 Å². The van der Waals surface area contributed by atoms with Crippen molar-refractivity contribution in [2.75, 3.05) is 19.8 Å². The van der Waals surface area contributed by atoms with E-state index in [1.54, 1.807) is 0 Å². The van der Waals surface area contributed by atoms with Crippen LogP contribution >= 0.6 is 0 Å². The molecule has 0 aromatic carbocycles. The van der Waals surface area contributed by atoms with Crippen molar-refractivity contribution in [1.29, 1.82) is 0 Å². The van der Waals surface area contributed by atoms with Crippen LogP contribution in [0, 0.1) is 11.3 Å². The summed E-state index contributed by atoms with van der Waals surface area (Å²) >= 11 is 0. The molecule has 2 fully saturated rings. The fourth-order valence-electron chi connectivity index (χ4n) is 2.45. The predicted molar refractivity (Wildman–Crippen MR) is 65.9 cm³/mol. The summed E-state index contributed by atoms with van der Waals surface area (Å²) in [5, 5.41) is 3.45. The molecule has 2 unspecified atom stereocenters. The molecule has 3 heteroatoms. The molecule has 1 aromatic heterocycles. The first kappa shape index (κ1) is 11.3. The summed E-state index contributed by atoms with van der Waals surface area (Å²) in [6, 6.07) is 4.24. The van der Waals surface area contributed by atoms with Crippen molar-refractivity contribution in [3.05, 3.63) is 23.7 Å². The molecule has 0 radical (unpaired) electrons. The first-order valence-corrected chi connectivity index (χ1v) is 6.53. The van der Waals surface area contributed by atoms with E-state index in [1.807, 2.05) is 0 Å². The minimum Gasteiger partial charge on any atom is -0.464 e. The van der Waals surface area contributed by atoms with Crippen LogP contribution in [0.4, 0.5) is 0 Å². The number of hydrogen-bond donors (Lipinski definition) is 1. The largest absolute Gasteiger partial charge is 0.464 e. The van der Waals surface area contributed by atoms with Gasteiger partial charge in [-0.3, -0.25) is 0 Å². The van der Waals surface area contributed by atoms with E-state index in [-0.39, 0.29) is 0 Å². The zero-order valence-electron chi connectivity index (χ0n) is 10.7. The van der Waals surface area contributed by atoms with Gasteiger partial charge in [0.1, 0.15) is 11.5 Å². The Kier molecular flexibility index (Phi) is 2.75. The van der Waals surface area contributed by atoms with Crippen LogP contribution in [0.25, 0.3) is 0 Å². The molecule has 1 N–H and O–H groups in total. The SMILES string of the molecule is CC1CC1c1ccc(CNCC2(C)COC2)o1. The maximum absolute atomic E-state index is 5.85. The van der Waals surface area contributed by atoms with Crippen LogP contribution in [0.2, 0.25) is 0 Å². The summed E-state index contributed by atoms with van der Waals surface area (Å²) in [7, 11) is 0. The second-order valence-corrected chi connectivity index (χ2v) is 6.03. The monoisotopic (exact) mass is 235 g/mol. The summed E-state index contributed by atoms with van der Waals surface area (Å²) in [6.45, 7) is 8.12. The molecule has 3 rings (SSSR count). The highest BCUT2D eigenvalue weighted by Crippen LogP contribution is 2.47. The quantitative estimate of drug-likeness (QED) is 0.851. The lowest BCUT2D eigenvalue weighted by Crippen LogP contribution is -2.47. The summed E-state index contributed by atoms with van der Waals surface area (Å²) in [6.07, 6.45) is 1.29. The van der Waals surface area contributed by atoms with Crippen LogP contribution < -0.4 is 5.32 Å². The standard InChI is InChI=1S/C14H21NO2/c1-10-5-12(10)13-4-3-11(17-13)6-15-7-14(2)8-16-9-14/h3-4,10,12,15H,5-9H2,1-2H3. The van der Waals surface area contributed by atoms with Gasteiger partial charge in [0.2, 0.25) is 0 Å². The van der Waals surface area contributed by atoms with Crippen molar-refractivity contribution in [3.8, 4) is 0 Å². The highest BCUT2D eigenvalue weighted by atomic mass is 16.5. The van der Waals surface area contributed by atoms with Gasteiger partial charge in [-0.25, -0.2) is 0 Å². The van der Waals surface area contributed by atoms with E-state index in [4.69, 9.17) is 9.15 Å². The van der Waals surface area contributed by atoms with Gasteiger partial charge in [0.15, 0.2) is 0 Å². The third-order valence-corrected chi connectivity index (χ3v) is 3.91. The Balaban J connectivity index is 1.46. The molecule has 1 saturated heterocycles. The zero-order chi connectivity index (χ0) is 11.9. The van der Waals surface area contributed by atoms with Gasteiger partial charge in [-0.15, -0.1) is 0 Å². The molecule has 3 nitrogen and oxygen atoms in total. The molecule has 1 aliphatic heterocycles. The molecule has 1 saturated carbocycles. The Bertz CT molecular complexity index is 395. The molecule has 0 bridgehead atoms. The fraction of sp³-hybridized carbons (Fsp3) is 0.714. The molecule has 94 valence electrons. The molecular formula is C14H21NO2. The molecular weight excluding hydrogens is 214 g/mol. The lowest BCUT2D eigenvalue weighted by atomic mass is 9.89. The smallest absolute Gasteiger partial charge is 0.117 e. The van der Waals surface area contributed by atoms with Crippen molar-refractivity contribution < 1.29 is 9.15 Å². The molecule has 2 heterocycles. The second-order valence-electron chi connectivity index (χ2n) is 6.03. The molecule has 1 aliphatic carbocycles. The van der Waals surface area contributed by atoms with Crippen molar-refractivity contribution in [3.63, 3.8) is 0 Å². The van der Waals surface area contributed by atoms with Crippen LogP contribution in [-0.2, 0) is 11.3 Å². The maximum atomic E-state index is 5.85. The fourth-order valence-corrected chi connectivity index (χ4v) is 2.45. The molecule has 2 atom stereocenters. The van der Waals surface area contributed by atoms with E-state index in [9.17, 15) is 0 Å². The van der Waals surface area contributed by atoms with Crippen LogP contribution in [0.15, 0.2) is 16.5 Å². The third kappa shape index (κ3) is 2.40. The Morgan fingerprint density at radius 2 is 2.18 bits per heavy atom. The summed E-state index contributed by atoms with van der Waals surface area (Å²) in [5.41, 5.74) is 0.334. The first-order valence-electron chi connectivity index (χ1n) is 6.53. The average molecular weight is 235 g/mol. The Morgan fingerprint density at radius 3 is 2.76 bits per heavy atom. The lowest BCUT2D eigenvalue weighted by Gasteiger charge is -2.38. The van der Waals surface area contributed by atoms with Crippen LogP contribution in [-0.4, -0.2) is 19.8 Å². The maximum Gasteiger partial charge on any atom is 0.117 e. The predicted octanol–water partition coefficient (Wildman–Crippen LogP) is 2.53.